The number of aromatic nitrogens is 4. The molecule has 29 heavy (non-hydrogen) atoms. The first-order chi connectivity index (χ1) is 14.0. The second-order valence-electron chi connectivity index (χ2n) is 7.11. The highest BCUT2D eigenvalue weighted by Crippen LogP contribution is 2.30. The Balaban J connectivity index is 1.57. The van der Waals surface area contributed by atoms with E-state index in [0.717, 1.165) is 31.6 Å². The van der Waals surface area contributed by atoms with E-state index in [1.54, 1.807) is 24.4 Å². The molecule has 1 aliphatic rings. The molecule has 0 spiro atoms. The predicted molar refractivity (Wildman–Crippen MR) is 111 cm³/mol. The third kappa shape index (κ3) is 4.23. The Morgan fingerprint density at radius 2 is 2.00 bits per heavy atom. The van der Waals surface area contributed by atoms with Crippen molar-refractivity contribution in [2.24, 2.45) is 0 Å². The topological polar surface area (TPSA) is 96.2 Å². The smallest absolute Gasteiger partial charge is 0.336 e. The maximum atomic E-state index is 11.5. The summed E-state index contributed by atoms with van der Waals surface area (Å²) < 4.78 is 1.98. The number of piperidine rings is 1. The lowest BCUT2D eigenvalue weighted by Gasteiger charge is -2.28. The average molecular weight is 413 g/mol. The van der Waals surface area contributed by atoms with Gasteiger partial charge in [-0.1, -0.05) is 29.8 Å². The summed E-state index contributed by atoms with van der Waals surface area (Å²) in [6.45, 7) is 2.11. The zero-order chi connectivity index (χ0) is 20.4. The number of nitrogens with one attached hydrogen (secondary N) is 1. The lowest BCUT2D eigenvalue weighted by molar-refractivity contribution is 0.0697. The quantitative estimate of drug-likeness (QED) is 0.659. The minimum absolute atomic E-state index is 0.133. The molecule has 0 aliphatic carbocycles. The highest BCUT2D eigenvalue weighted by Gasteiger charge is 2.19. The molecular weight excluding hydrogens is 392 g/mol. The largest absolute Gasteiger partial charge is 0.478 e. The number of rotatable bonds is 5. The van der Waals surface area contributed by atoms with Crippen molar-refractivity contribution in [2.45, 2.75) is 18.9 Å². The fourth-order valence-electron chi connectivity index (χ4n) is 3.48. The number of halogens is 1. The summed E-state index contributed by atoms with van der Waals surface area (Å²) in [4.78, 5) is 22.5. The Hall–Kier alpha value is -2.97. The number of carbonyl (C=O) groups is 1. The molecule has 0 unspecified atom stereocenters. The fraction of sp³-hybridized carbons (Fsp3) is 0.300. The van der Waals surface area contributed by atoms with Crippen LogP contribution in [-0.2, 0) is 0 Å². The zero-order valence-electron chi connectivity index (χ0n) is 15.9. The molecule has 0 saturated carbocycles. The lowest BCUT2D eigenvalue weighted by Crippen LogP contribution is -2.31. The van der Waals surface area contributed by atoms with Crippen molar-refractivity contribution in [1.29, 1.82) is 0 Å². The van der Waals surface area contributed by atoms with Crippen LogP contribution < -0.4 is 5.32 Å². The van der Waals surface area contributed by atoms with Gasteiger partial charge in [0.05, 0.1) is 40.4 Å². The highest BCUT2D eigenvalue weighted by atomic mass is 35.5. The van der Waals surface area contributed by atoms with Crippen LogP contribution in [0.25, 0.3) is 11.3 Å². The number of anilines is 2. The van der Waals surface area contributed by atoms with Crippen LogP contribution in [-0.4, -0.2) is 55.9 Å². The van der Waals surface area contributed by atoms with Crippen LogP contribution in [0.1, 0.15) is 29.2 Å². The van der Waals surface area contributed by atoms with Crippen molar-refractivity contribution in [2.75, 3.05) is 25.5 Å². The molecule has 0 radical (unpaired) electrons. The summed E-state index contributed by atoms with van der Waals surface area (Å²) in [5, 5.41) is 17.3. The molecule has 2 N–H and O–H groups in total. The maximum Gasteiger partial charge on any atom is 0.336 e. The molecule has 2 aromatic heterocycles. The summed E-state index contributed by atoms with van der Waals surface area (Å²) in [6, 6.07) is 7.00. The lowest BCUT2D eigenvalue weighted by atomic mass is 10.0. The number of hydrogen-bond acceptors (Lipinski definition) is 6. The van der Waals surface area contributed by atoms with E-state index in [2.05, 4.69) is 32.3 Å². The molecule has 3 heterocycles. The molecule has 1 aromatic carbocycles. The van der Waals surface area contributed by atoms with Crippen LogP contribution in [0.15, 0.2) is 42.9 Å². The minimum atomic E-state index is -1.04. The SMILES string of the molecule is CN1CCC(n2cc(Nc3ncc(Cl)c(-c4ccccc4C(=O)O)n3)cn2)CC1. The van der Waals surface area contributed by atoms with Gasteiger partial charge in [0.25, 0.3) is 0 Å². The normalized spacial score (nSPS) is 15.4. The Morgan fingerprint density at radius 1 is 1.24 bits per heavy atom. The zero-order valence-corrected chi connectivity index (χ0v) is 16.7. The van der Waals surface area contributed by atoms with Gasteiger partial charge in [-0.2, -0.15) is 5.10 Å². The van der Waals surface area contributed by atoms with Crippen LogP contribution in [0.2, 0.25) is 5.02 Å². The van der Waals surface area contributed by atoms with E-state index < -0.39 is 5.97 Å². The summed E-state index contributed by atoms with van der Waals surface area (Å²) in [5.74, 6) is -0.711. The van der Waals surface area contributed by atoms with Gasteiger partial charge in [-0.25, -0.2) is 14.8 Å². The Morgan fingerprint density at radius 3 is 2.76 bits per heavy atom. The van der Waals surface area contributed by atoms with Gasteiger partial charge < -0.3 is 15.3 Å². The first kappa shape index (κ1) is 19.4. The van der Waals surface area contributed by atoms with Gasteiger partial charge in [-0.15, -0.1) is 0 Å². The molecule has 3 aromatic rings. The number of carboxylic acids is 1. The third-order valence-electron chi connectivity index (χ3n) is 5.08. The number of nitrogens with zero attached hydrogens (tertiary/aromatic N) is 5. The summed E-state index contributed by atoms with van der Waals surface area (Å²) in [5.41, 5.74) is 1.71. The van der Waals surface area contributed by atoms with Crippen molar-refractivity contribution in [3.63, 3.8) is 0 Å². The average Bonchev–Trinajstić information content (AvgIpc) is 3.18. The van der Waals surface area contributed by atoms with E-state index in [-0.39, 0.29) is 10.6 Å². The van der Waals surface area contributed by atoms with Gasteiger partial charge in [0.2, 0.25) is 5.95 Å². The van der Waals surface area contributed by atoms with E-state index in [1.165, 1.54) is 12.3 Å². The highest BCUT2D eigenvalue weighted by molar-refractivity contribution is 6.33. The monoisotopic (exact) mass is 412 g/mol. The van der Waals surface area contributed by atoms with E-state index in [4.69, 9.17) is 11.6 Å². The molecule has 1 aliphatic heterocycles. The van der Waals surface area contributed by atoms with Crippen LogP contribution >= 0.6 is 11.6 Å². The number of hydrogen-bond donors (Lipinski definition) is 2. The van der Waals surface area contributed by atoms with Gasteiger partial charge >= 0.3 is 5.97 Å². The first-order valence-electron chi connectivity index (χ1n) is 9.36. The van der Waals surface area contributed by atoms with Gasteiger partial charge in [0.15, 0.2) is 0 Å². The molecule has 1 fully saturated rings. The Bertz CT molecular complexity index is 1030. The van der Waals surface area contributed by atoms with E-state index >= 15 is 0 Å². The molecular formula is C20H21ClN6O2. The summed E-state index contributed by atoms with van der Waals surface area (Å²) in [6.07, 6.45) is 7.27. The summed E-state index contributed by atoms with van der Waals surface area (Å²) >= 11 is 6.26. The van der Waals surface area contributed by atoms with E-state index in [0.29, 0.717) is 23.2 Å². The van der Waals surface area contributed by atoms with Gasteiger partial charge in [0, 0.05) is 11.8 Å². The Kier molecular flexibility index (Phi) is 5.46. The standard InChI is InChI=1S/C20H21ClN6O2/c1-26-8-6-14(7-9-26)27-12-13(10-23-27)24-20-22-11-17(21)18(25-20)15-4-2-3-5-16(15)19(28)29/h2-5,10-12,14H,6-9H2,1H3,(H,28,29)(H,22,24,25). The molecule has 4 rings (SSSR count). The third-order valence-corrected chi connectivity index (χ3v) is 5.35. The molecule has 0 bridgehead atoms. The van der Waals surface area contributed by atoms with E-state index in [1.807, 2.05) is 10.9 Å². The maximum absolute atomic E-state index is 11.5. The second kappa shape index (κ2) is 8.18. The summed E-state index contributed by atoms with van der Waals surface area (Å²) in [7, 11) is 2.13. The molecule has 9 heteroatoms. The number of carboxylic acid groups (broad SMARTS) is 1. The number of aromatic carboxylic acids is 1. The molecule has 0 amide bonds. The van der Waals surface area contributed by atoms with E-state index in [9.17, 15) is 9.90 Å². The van der Waals surface area contributed by atoms with Gasteiger partial charge in [-0.05, 0) is 39.0 Å². The van der Waals surface area contributed by atoms with Crippen molar-refractivity contribution in [3.05, 3.63) is 53.4 Å². The molecule has 150 valence electrons. The molecule has 8 nitrogen and oxygen atoms in total. The Labute approximate surface area is 173 Å². The van der Waals surface area contributed by atoms with Crippen LogP contribution in [0.4, 0.5) is 11.6 Å². The van der Waals surface area contributed by atoms with Crippen LogP contribution in [0.3, 0.4) is 0 Å². The van der Waals surface area contributed by atoms with Gasteiger partial charge in [0.1, 0.15) is 0 Å². The van der Waals surface area contributed by atoms with Crippen LogP contribution in [0, 0.1) is 0 Å². The number of benzene rings is 1. The van der Waals surface area contributed by atoms with Crippen molar-refractivity contribution >= 4 is 29.2 Å². The fourth-order valence-corrected chi connectivity index (χ4v) is 3.68. The molecule has 0 atom stereocenters. The van der Waals surface area contributed by atoms with Crippen molar-refractivity contribution in [3.8, 4) is 11.3 Å². The van der Waals surface area contributed by atoms with Crippen molar-refractivity contribution in [1.82, 2.24) is 24.6 Å². The number of likely N-dealkylation sites (tertiary alicyclic amines) is 1. The minimum Gasteiger partial charge on any atom is -0.478 e. The second-order valence-corrected chi connectivity index (χ2v) is 7.52. The molecule has 1 saturated heterocycles. The first-order valence-corrected chi connectivity index (χ1v) is 9.74. The predicted octanol–water partition coefficient (Wildman–Crippen LogP) is 3.70. The van der Waals surface area contributed by atoms with Crippen LogP contribution in [0.5, 0.6) is 0 Å². The van der Waals surface area contributed by atoms with Crippen molar-refractivity contribution < 1.29 is 9.90 Å². The van der Waals surface area contributed by atoms with Gasteiger partial charge in [-0.3, -0.25) is 4.68 Å².